The second kappa shape index (κ2) is 8.82. The van der Waals surface area contributed by atoms with E-state index in [2.05, 4.69) is 4.72 Å². The summed E-state index contributed by atoms with van der Waals surface area (Å²) in [4.78, 5) is 1.91. The largest absolute Gasteiger partial charge is 0.387 e. The fourth-order valence-electron chi connectivity index (χ4n) is 2.78. The molecule has 0 saturated heterocycles. The lowest BCUT2D eigenvalue weighted by molar-refractivity contribution is 0.112. The smallest absolute Gasteiger partial charge is 0.240 e. The van der Waals surface area contributed by atoms with Crippen molar-refractivity contribution in [1.82, 2.24) is 4.72 Å². The van der Waals surface area contributed by atoms with Gasteiger partial charge in [0.2, 0.25) is 10.0 Å². The van der Waals surface area contributed by atoms with Crippen molar-refractivity contribution < 1.29 is 17.9 Å². The van der Waals surface area contributed by atoms with Crippen molar-refractivity contribution in [2.75, 3.05) is 19.0 Å². The lowest BCUT2D eigenvalue weighted by atomic mass is 9.91. The Kier molecular flexibility index (Phi) is 6.97. The molecule has 27 heavy (non-hydrogen) atoms. The molecular formula is C20H27FN2O3S. The van der Waals surface area contributed by atoms with Crippen molar-refractivity contribution >= 4 is 15.7 Å². The topological polar surface area (TPSA) is 69.6 Å². The Bertz CT molecular complexity index is 837. The summed E-state index contributed by atoms with van der Waals surface area (Å²) in [7, 11) is -0.0492. The fourth-order valence-corrected chi connectivity index (χ4v) is 4.13. The van der Waals surface area contributed by atoms with Gasteiger partial charge in [-0.15, -0.1) is 0 Å². The minimum atomic E-state index is -3.89. The maximum atomic E-state index is 13.1. The molecule has 0 heterocycles. The second-order valence-corrected chi connectivity index (χ2v) is 8.63. The Balaban J connectivity index is 2.30. The zero-order valence-electron chi connectivity index (χ0n) is 16.1. The van der Waals surface area contributed by atoms with Crippen LogP contribution in [-0.2, 0) is 10.0 Å². The predicted octanol–water partition coefficient (Wildman–Crippen LogP) is 3.32. The van der Waals surface area contributed by atoms with Gasteiger partial charge in [0.05, 0.1) is 17.0 Å². The third-order valence-corrected chi connectivity index (χ3v) is 6.24. The molecule has 0 fully saturated rings. The van der Waals surface area contributed by atoms with Gasteiger partial charge in [0.25, 0.3) is 0 Å². The van der Waals surface area contributed by atoms with Crippen molar-refractivity contribution in [2.24, 2.45) is 5.92 Å². The number of rotatable bonds is 8. The first kappa shape index (κ1) is 21.3. The van der Waals surface area contributed by atoms with Crippen LogP contribution in [0.5, 0.6) is 0 Å². The minimum Gasteiger partial charge on any atom is -0.387 e. The van der Waals surface area contributed by atoms with Gasteiger partial charge in [-0.05, 0) is 47.9 Å². The van der Waals surface area contributed by atoms with Gasteiger partial charge in [0, 0.05) is 19.8 Å². The Morgan fingerprint density at radius 1 is 1.07 bits per heavy atom. The first-order valence-corrected chi connectivity index (χ1v) is 10.4. The molecule has 0 radical (unpaired) electrons. The lowest BCUT2D eigenvalue weighted by Gasteiger charge is -2.29. The summed E-state index contributed by atoms with van der Waals surface area (Å²) in [6.45, 7) is 3.82. The second-order valence-electron chi connectivity index (χ2n) is 6.92. The number of nitrogens with one attached hydrogen (secondary N) is 1. The molecule has 2 aromatic carbocycles. The highest BCUT2D eigenvalue weighted by molar-refractivity contribution is 7.89. The SMILES string of the molecule is CC[C@H](C)[C@H](NS(=O)(=O)c1ccc(F)cc1)C(O)c1ccc(N(C)C)cc1. The van der Waals surface area contributed by atoms with Gasteiger partial charge in [-0.1, -0.05) is 32.4 Å². The summed E-state index contributed by atoms with van der Waals surface area (Å²) in [5.41, 5.74) is 1.62. The molecule has 7 heteroatoms. The molecule has 2 aromatic rings. The van der Waals surface area contributed by atoms with Crippen LogP contribution in [0.3, 0.4) is 0 Å². The Labute approximate surface area is 160 Å². The van der Waals surface area contributed by atoms with Gasteiger partial charge in [-0.25, -0.2) is 17.5 Å². The van der Waals surface area contributed by atoms with E-state index in [0.717, 1.165) is 17.8 Å². The van der Waals surface area contributed by atoms with Crippen LogP contribution < -0.4 is 9.62 Å². The molecule has 148 valence electrons. The molecule has 1 unspecified atom stereocenters. The Morgan fingerprint density at radius 3 is 2.11 bits per heavy atom. The van der Waals surface area contributed by atoms with Crippen molar-refractivity contribution in [2.45, 2.75) is 37.3 Å². The monoisotopic (exact) mass is 394 g/mol. The van der Waals surface area contributed by atoms with E-state index < -0.39 is 28.0 Å². The number of aliphatic hydroxyl groups is 1. The number of sulfonamides is 1. The van der Waals surface area contributed by atoms with Gasteiger partial charge >= 0.3 is 0 Å². The first-order valence-electron chi connectivity index (χ1n) is 8.89. The van der Waals surface area contributed by atoms with E-state index in [4.69, 9.17) is 0 Å². The molecule has 0 aromatic heterocycles. The molecule has 0 amide bonds. The number of aliphatic hydroxyl groups excluding tert-OH is 1. The summed E-state index contributed by atoms with van der Waals surface area (Å²) in [5.74, 6) is -0.614. The van der Waals surface area contributed by atoms with Gasteiger partial charge in [0.15, 0.2) is 0 Å². The normalized spacial score (nSPS) is 15.2. The molecule has 0 aliphatic heterocycles. The molecule has 0 bridgehead atoms. The van der Waals surface area contributed by atoms with E-state index in [1.54, 1.807) is 12.1 Å². The average Bonchev–Trinajstić information content (AvgIpc) is 2.65. The Morgan fingerprint density at radius 2 is 1.63 bits per heavy atom. The molecule has 0 saturated carbocycles. The van der Waals surface area contributed by atoms with E-state index in [1.807, 2.05) is 45.0 Å². The quantitative estimate of drug-likeness (QED) is 0.721. The van der Waals surface area contributed by atoms with Crippen LogP contribution in [0.25, 0.3) is 0 Å². The maximum Gasteiger partial charge on any atom is 0.240 e. The summed E-state index contributed by atoms with van der Waals surface area (Å²) in [6.07, 6.45) is -0.324. The van der Waals surface area contributed by atoms with E-state index in [-0.39, 0.29) is 10.8 Å². The number of hydrogen-bond acceptors (Lipinski definition) is 4. The van der Waals surface area contributed by atoms with Crippen LogP contribution in [0.4, 0.5) is 10.1 Å². The molecule has 0 spiro atoms. The first-order chi connectivity index (χ1) is 12.7. The zero-order valence-corrected chi connectivity index (χ0v) is 16.9. The van der Waals surface area contributed by atoms with Crippen LogP contribution in [-0.4, -0.2) is 33.7 Å². The number of benzene rings is 2. The Hall–Kier alpha value is -1.96. The van der Waals surface area contributed by atoms with Crippen LogP contribution in [0, 0.1) is 11.7 Å². The summed E-state index contributed by atoms with van der Waals surface area (Å²) in [5, 5.41) is 10.9. The maximum absolute atomic E-state index is 13.1. The van der Waals surface area contributed by atoms with Crippen LogP contribution >= 0.6 is 0 Å². The van der Waals surface area contributed by atoms with Crippen LogP contribution in [0.2, 0.25) is 0 Å². The van der Waals surface area contributed by atoms with Crippen molar-refractivity contribution in [3.8, 4) is 0 Å². The van der Waals surface area contributed by atoms with Crippen molar-refractivity contribution in [1.29, 1.82) is 0 Å². The van der Waals surface area contributed by atoms with Crippen LogP contribution in [0.15, 0.2) is 53.4 Å². The third-order valence-electron chi connectivity index (χ3n) is 4.76. The fraction of sp³-hybridized carbons (Fsp3) is 0.400. The van der Waals surface area contributed by atoms with E-state index >= 15 is 0 Å². The van der Waals surface area contributed by atoms with Crippen molar-refractivity contribution in [3.63, 3.8) is 0 Å². The number of anilines is 1. The van der Waals surface area contributed by atoms with Gasteiger partial charge in [-0.3, -0.25) is 0 Å². The van der Waals surface area contributed by atoms with Gasteiger partial charge in [0.1, 0.15) is 5.82 Å². The predicted molar refractivity (Wildman–Crippen MR) is 106 cm³/mol. The molecule has 5 nitrogen and oxygen atoms in total. The molecule has 3 atom stereocenters. The van der Waals surface area contributed by atoms with Gasteiger partial charge in [-0.2, -0.15) is 0 Å². The highest BCUT2D eigenvalue weighted by Gasteiger charge is 2.30. The van der Waals surface area contributed by atoms with E-state index in [9.17, 15) is 17.9 Å². The molecule has 0 aliphatic rings. The van der Waals surface area contributed by atoms with E-state index in [0.29, 0.717) is 12.0 Å². The average molecular weight is 395 g/mol. The molecular weight excluding hydrogens is 367 g/mol. The number of nitrogens with zero attached hydrogens (tertiary/aromatic N) is 1. The highest BCUT2D eigenvalue weighted by Crippen LogP contribution is 2.27. The van der Waals surface area contributed by atoms with Crippen molar-refractivity contribution in [3.05, 3.63) is 59.9 Å². The molecule has 2 N–H and O–H groups in total. The lowest BCUT2D eigenvalue weighted by Crippen LogP contribution is -2.43. The summed E-state index contributed by atoms with van der Waals surface area (Å²) in [6, 6.07) is 11.2. The van der Waals surface area contributed by atoms with Gasteiger partial charge < -0.3 is 10.0 Å². The highest BCUT2D eigenvalue weighted by atomic mass is 32.2. The molecule has 2 rings (SSSR count). The minimum absolute atomic E-state index is 0.0349. The zero-order chi connectivity index (χ0) is 20.2. The number of hydrogen-bond donors (Lipinski definition) is 2. The summed E-state index contributed by atoms with van der Waals surface area (Å²) < 4.78 is 41.1. The molecule has 0 aliphatic carbocycles. The van der Waals surface area contributed by atoms with E-state index in [1.165, 1.54) is 12.1 Å². The number of halogens is 1. The standard InChI is InChI=1S/C20H27FN2O3S/c1-5-14(2)19(20(24)15-6-10-17(11-7-15)23(3)4)22-27(25,26)18-12-8-16(21)9-13-18/h6-14,19-20,22,24H,5H2,1-4H3/t14-,19-,20?/m0/s1. The van der Waals surface area contributed by atoms with Crippen LogP contribution in [0.1, 0.15) is 31.9 Å². The summed E-state index contributed by atoms with van der Waals surface area (Å²) >= 11 is 0. The third kappa shape index (κ3) is 5.28.